The van der Waals surface area contributed by atoms with Gasteiger partial charge in [-0.1, -0.05) is 0 Å². The Morgan fingerprint density at radius 2 is 0.600 bits per heavy atom. The van der Waals surface area contributed by atoms with Crippen LogP contribution in [-0.2, 0) is 0 Å². The first-order valence-electron chi connectivity index (χ1n) is 0. The van der Waals surface area contributed by atoms with E-state index in [1.165, 1.54) is 0 Å². The van der Waals surface area contributed by atoms with E-state index in [-0.39, 0.29) is 61.1 Å². The molecular weight excluding hydrogens is 282 g/mol. The van der Waals surface area contributed by atoms with E-state index >= 15 is 0 Å². The van der Waals surface area contributed by atoms with Crippen LogP contribution in [0.1, 0.15) is 0 Å². The molecule has 5 heavy (non-hydrogen) atoms. The summed E-state index contributed by atoms with van der Waals surface area (Å²) < 4.78 is 0. The molecule has 0 aliphatic rings. The van der Waals surface area contributed by atoms with E-state index in [0.717, 1.165) is 0 Å². The molecule has 6 N–H and O–H groups in total. The van der Waals surface area contributed by atoms with Gasteiger partial charge in [-0.25, -0.2) is 0 Å². The van der Waals surface area contributed by atoms with Crippen molar-refractivity contribution in [3.05, 3.63) is 0 Å². The first-order valence-corrected chi connectivity index (χ1v) is 0. The van der Waals surface area contributed by atoms with Crippen LogP contribution in [0.3, 0.4) is 0 Å². The minimum absolute atomic E-state index is 0. The molecule has 0 saturated carbocycles. The van der Waals surface area contributed by atoms with Gasteiger partial charge in [0.25, 0.3) is 0 Å². The fourth-order valence-corrected chi connectivity index (χ4v) is 0. The van der Waals surface area contributed by atoms with E-state index in [1.807, 2.05) is 0 Å². The maximum atomic E-state index is 0. The SMILES string of the molecule is O.O.O.[AlH3].[PbH2]. The van der Waals surface area contributed by atoms with Crippen LogP contribution in [0.2, 0.25) is 0 Å². The number of hydrogen-bond acceptors (Lipinski definition) is 0. The van der Waals surface area contributed by atoms with Crippen LogP contribution in [0, 0.1) is 0 Å². The van der Waals surface area contributed by atoms with Crippen LogP contribution < -0.4 is 0 Å². The van der Waals surface area contributed by atoms with Crippen molar-refractivity contribution < 1.29 is 16.4 Å². The zero-order valence-electron chi connectivity index (χ0n) is 2.21. The summed E-state index contributed by atoms with van der Waals surface area (Å²) in [6, 6.07) is 0. The molecule has 0 rings (SSSR count). The van der Waals surface area contributed by atoms with Crippen molar-refractivity contribution in [1.29, 1.82) is 0 Å². The molecule has 0 fully saturated rings. The molecule has 2 radical (unpaired) electrons. The van der Waals surface area contributed by atoms with Gasteiger partial charge in [-0.2, -0.15) is 0 Å². The van der Waals surface area contributed by atoms with Crippen molar-refractivity contribution >= 4 is 44.7 Å². The summed E-state index contributed by atoms with van der Waals surface area (Å²) in [5, 5.41) is 0. The Hall–Kier alpha value is 1.33. The second kappa shape index (κ2) is 56.3. The van der Waals surface area contributed by atoms with Gasteiger partial charge in [0.2, 0.25) is 0 Å². The van der Waals surface area contributed by atoms with Crippen LogP contribution >= 0.6 is 0 Å². The predicted octanol–water partition coefficient (Wildman–Crippen LogP) is -4.57. The Balaban J connectivity index is 0. The predicted molar refractivity (Wildman–Crippen MR) is 29.3 cm³/mol. The molecule has 3 nitrogen and oxygen atoms in total. The van der Waals surface area contributed by atoms with Crippen LogP contribution in [0.15, 0.2) is 0 Å². The van der Waals surface area contributed by atoms with Gasteiger partial charge in [0.15, 0.2) is 17.4 Å². The summed E-state index contributed by atoms with van der Waals surface area (Å²) in [7, 11) is 0. The molecule has 0 aliphatic carbocycles. The van der Waals surface area contributed by atoms with Gasteiger partial charge in [0, 0.05) is 0 Å². The molecule has 0 spiro atoms. The van der Waals surface area contributed by atoms with Gasteiger partial charge in [-0.15, -0.1) is 0 Å². The molecule has 0 atom stereocenters. The molecule has 0 heterocycles. The Morgan fingerprint density at radius 3 is 0.600 bits per heavy atom. The van der Waals surface area contributed by atoms with Crippen LogP contribution in [0.25, 0.3) is 0 Å². The molecule has 0 aromatic heterocycles. The van der Waals surface area contributed by atoms with Crippen molar-refractivity contribution in [2.45, 2.75) is 0 Å². The average Bonchev–Trinajstić information content (AvgIpc) is 0. The van der Waals surface area contributed by atoms with E-state index in [1.54, 1.807) is 0 Å². The summed E-state index contributed by atoms with van der Waals surface area (Å²) in [6.45, 7) is 0. The molecule has 0 aliphatic heterocycles. The van der Waals surface area contributed by atoms with Crippen molar-refractivity contribution in [2.75, 3.05) is 0 Å². The molecule has 5 heteroatoms. The minimum atomic E-state index is 0. The monoisotopic (exact) mass is 294 g/mol. The fourth-order valence-electron chi connectivity index (χ4n) is 0. The molecule has 36 valence electrons. The third kappa shape index (κ3) is 33.3. The third-order valence-corrected chi connectivity index (χ3v) is 0. The van der Waals surface area contributed by atoms with Crippen LogP contribution in [0.4, 0.5) is 0 Å². The molecular formula is H11AlO3Pb. The van der Waals surface area contributed by atoms with Crippen molar-refractivity contribution in [1.82, 2.24) is 0 Å². The fraction of sp³-hybridized carbons (Fsp3) is 0. The Morgan fingerprint density at radius 1 is 0.600 bits per heavy atom. The topological polar surface area (TPSA) is 94.5 Å². The second-order valence-corrected chi connectivity index (χ2v) is 0. The third-order valence-electron chi connectivity index (χ3n) is 0. The first-order chi connectivity index (χ1) is 0. The quantitative estimate of drug-likeness (QED) is 0.402. The Kier molecular flexibility index (Phi) is 1140. The average molecular weight is 293 g/mol. The number of rotatable bonds is 0. The second-order valence-electron chi connectivity index (χ2n) is 0. The maximum absolute atomic E-state index is 0. The standard InChI is InChI=1S/Al.3H2O.Pb.5H/h;3*1H2;;;;;;. The molecule has 0 bridgehead atoms. The van der Waals surface area contributed by atoms with E-state index in [9.17, 15) is 0 Å². The zero-order chi connectivity index (χ0) is 0. The van der Waals surface area contributed by atoms with Crippen LogP contribution in [-0.4, -0.2) is 61.1 Å². The number of hydrogen-bond donors (Lipinski definition) is 0. The van der Waals surface area contributed by atoms with E-state index < -0.39 is 0 Å². The Bertz CT molecular complexity index is 6.85. The van der Waals surface area contributed by atoms with E-state index in [0.29, 0.717) is 0 Å². The summed E-state index contributed by atoms with van der Waals surface area (Å²) in [5.41, 5.74) is 0. The van der Waals surface area contributed by atoms with Gasteiger partial charge in [0.05, 0.1) is 0 Å². The Labute approximate surface area is 61.0 Å². The summed E-state index contributed by atoms with van der Waals surface area (Å²) in [5.74, 6) is 0. The van der Waals surface area contributed by atoms with Gasteiger partial charge in [-0.05, 0) is 0 Å². The van der Waals surface area contributed by atoms with E-state index in [4.69, 9.17) is 0 Å². The van der Waals surface area contributed by atoms with E-state index in [2.05, 4.69) is 0 Å². The molecule has 0 unspecified atom stereocenters. The summed E-state index contributed by atoms with van der Waals surface area (Å²) in [4.78, 5) is 0. The van der Waals surface area contributed by atoms with Gasteiger partial charge in [-0.3, -0.25) is 0 Å². The zero-order valence-corrected chi connectivity index (χ0v) is 7.70. The summed E-state index contributed by atoms with van der Waals surface area (Å²) >= 11 is 0. The summed E-state index contributed by atoms with van der Waals surface area (Å²) in [6.07, 6.45) is 0. The van der Waals surface area contributed by atoms with Crippen molar-refractivity contribution in [3.8, 4) is 0 Å². The van der Waals surface area contributed by atoms with Gasteiger partial charge < -0.3 is 16.4 Å². The van der Waals surface area contributed by atoms with Gasteiger partial charge in [0.1, 0.15) is 0 Å². The molecule has 0 aromatic rings. The van der Waals surface area contributed by atoms with Crippen molar-refractivity contribution in [3.63, 3.8) is 0 Å². The van der Waals surface area contributed by atoms with Crippen molar-refractivity contribution in [2.24, 2.45) is 0 Å². The molecule has 0 saturated heterocycles. The normalized spacial score (nSPS) is 0. The molecule has 0 amide bonds. The first kappa shape index (κ1) is 101. The molecule has 0 aromatic carbocycles. The van der Waals surface area contributed by atoms with Crippen LogP contribution in [0.5, 0.6) is 0 Å². The van der Waals surface area contributed by atoms with Gasteiger partial charge >= 0.3 is 27.3 Å².